The third-order valence-electron chi connectivity index (χ3n) is 4.95. The van der Waals surface area contributed by atoms with E-state index in [0.29, 0.717) is 17.5 Å². The summed E-state index contributed by atoms with van der Waals surface area (Å²) in [6.45, 7) is 8.51. The number of nitrogens with one attached hydrogen (secondary N) is 2. The van der Waals surface area contributed by atoms with Crippen molar-refractivity contribution < 1.29 is 9.53 Å². The van der Waals surface area contributed by atoms with Gasteiger partial charge in [0.25, 0.3) is 5.91 Å². The van der Waals surface area contributed by atoms with Gasteiger partial charge in [0.2, 0.25) is 5.88 Å². The first-order chi connectivity index (χ1) is 11.4. The minimum absolute atomic E-state index is 0.0751. The average Bonchev–Trinajstić information content (AvgIpc) is 2.97. The van der Waals surface area contributed by atoms with Gasteiger partial charge in [-0.3, -0.25) is 4.79 Å². The second-order valence-electron chi connectivity index (χ2n) is 7.03. The second kappa shape index (κ2) is 6.30. The van der Waals surface area contributed by atoms with Crippen molar-refractivity contribution in [3.8, 4) is 5.88 Å². The molecule has 0 radical (unpaired) electrons. The number of carbonyl (C=O) groups is 1. The monoisotopic (exact) mass is 327 g/mol. The molecule has 5 heteroatoms. The van der Waals surface area contributed by atoms with Crippen LogP contribution in [0.2, 0.25) is 0 Å². The van der Waals surface area contributed by atoms with Crippen LogP contribution >= 0.6 is 0 Å². The number of rotatable bonds is 4. The molecule has 1 saturated carbocycles. The van der Waals surface area contributed by atoms with E-state index >= 15 is 0 Å². The van der Waals surface area contributed by atoms with Gasteiger partial charge in [-0.2, -0.15) is 0 Å². The predicted molar refractivity (Wildman–Crippen MR) is 95.3 cm³/mol. The zero-order chi connectivity index (χ0) is 17.3. The molecule has 3 rings (SSSR count). The number of aromatic nitrogens is 2. The number of hydrogen-bond acceptors (Lipinski definition) is 3. The van der Waals surface area contributed by atoms with Crippen LogP contribution in [0.5, 0.6) is 5.88 Å². The number of pyridine rings is 1. The van der Waals surface area contributed by atoms with Gasteiger partial charge in [-0.05, 0) is 37.7 Å². The summed E-state index contributed by atoms with van der Waals surface area (Å²) in [5, 5.41) is 4.16. The Hall–Kier alpha value is -2.30. The van der Waals surface area contributed by atoms with E-state index in [9.17, 15) is 4.79 Å². The van der Waals surface area contributed by atoms with Gasteiger partial charge in [-0.1, -0.05) is 26.0 Å². The summed E-state index contributed by atoms with van der Waals surface area (Å²) in [6, 6.07) is 3.63. The molecule has 2 unspecified atom stereocenters. The molecular formula is C19H25N3O2. The summed E-state index contributed by atoms with van der Waals surface area (Å²) in [4.78, 5) is 20.1. The van der Waals surface area contributed by atoms with E-state index in [1.165, 1.54) is 5.57 Å². The standard InChI is InChI=1S/C19H25N3O2/c1-5-19(9-12(2)6-13(3)10-19)22-18(23)16-7-14-11-20-17(24-4)8-15(14)21-16/h7-8,11,13,21H,2,5-6,9-10H2,1,3-4H3,(H,22,23). The highest BCUT2D eigenvalue weighted by atomic mass is 16.5. The Kier molecular flexibility index (Phi) is 4.35. The second-order valence-corrected chi connectivity index (χ2v) is 7.03. The van der Waals surface area contributed by atoms with Crippen LogP contribution in [0.4, 0.5) is 0 Å². The largest absolute Gasteiger partial charge is 0.481 e. The summed E-state index contributed by atoms with van der Waals surface area (Å²) in [6.07, 6.45) is 5.51. The van der Waals surface area contributed by atoms with E-state index < -0.39 is 0 Å². The maximum Gasteiger partial charge on any atom is 0.268 e. The van der Waals surface area contributed by atoms with Crippen LogP contribution in [0.1, 0.15) is 50.0 Å². The normalized spacial score (nSPS) is 24.1. The molecule has 2 aromatic rings. The van der Waals surface area contributed by atoms with Crippen LogP contribution in [0.3, 0.4) is 0 Å². The summed E-state index contributed by atoms with van der Waals surface area (Å²) in [5.41, 5.74) is 2.43. The van der Waals surface area contributed by atoms with Crippen molar-refractivity contribution in [2.75, 3.05) is 7.11 Å². The van der Waals surface area contributed by atoms with Crippen LogP contribution in [0.15, 0.2) is 30.5 Å². The van der Waals surface area contributed by atoms with Crippen LogP contribution < -0.4 is 10.1 Å². The van der Waals surface area contributed by atoms with E-state index in [-0.39, 0.29) is 11.4 Å². The first kappa shape index (κ1) is 16.6. The molecule has 1 aliphatic carbocycles. The molecule has 5 nitrogen and oxygen atoms in total. The lowest BCUT2D eigenvalue weighted by Crippen LogP contribution is -2.51. The molecule has 2 atom stereocenters. The van der Waals surface area contributed by atoms with Crippen molar-refractivity contribution in [3.63, 3.8) is 0 Å². The van der Waals surface area contributed by atoms with Gasteiger partial charge in [0.1, 0.15) is 5.69 Å². The number of H-pyrrole nitrogens is 1. The van der Waals surface area contributed by atoms with E-state index in [2.05, 4.69) is 35.7 Å². The van der Waals surface area contributed by atoms with Gasteiger partial charge < -0.3 is 15.0 Å². The quantitative estimate of drug-likeness (QED) is 0.839. The molecule has 1 amide bonds. The van der Waals surface area contributed by atoms with Crippen molar-refractivity contribution in [1.29, 1.82) is 0 Å². The van der Waals surface area contributed by atoms with Gasteiger partial charge >= 0.3 is 0 Å². The summed E-state index contributed by atoms with van der Waals surface area (Å²) in [5.74, 6) is 0.996. The Balaban J connectivity index is 1.84. The van der Waals surface area contributed by atoms with E-state index in [1.807, 2.05) is 6.07 Å². The highest BCUT2D eigenvalue weighted by Gasteiger charge is 2.36. The number of methoxy groups -OCH3 is 1. The lowest BCUT2D eigenvalue weighted by atomic mass is 9.73. The number of carbonyl (C=O) groups excluding carboxylic acids is 1. The molecule has 128 valence electrons. The smallest absolute Gasteiger partial charge is 0.268 e. The lowest BCUT2D eigenvalue weighted by molar-refractivity contribution is 0.0860. The summed E-state index contributed by atoms with van der Waals surface area (Å²) >= 11 is 0. The molecular weight excluding hydrogens is 302 g/mol. The van der Waals surface area contributed by atoms with Gasteiger partial charge in [0, 0.05) is 23.2 Å². The maximum absolute atomic E-state index is 12.8. The maximum atomic E-state index is 12.8. The summed E-state index contributed by atoms with van der Waals surface area (Å²) < 4.78 is 5.13. The van der Waals surface area contributed by atoms with Crippen LogP contribution in [-0.2, 0) is 0 Å². The average molecular weight is 327 g/mol. The Labute approximate surface area is 142 Å². The van der Waals surface area contributed by atoms with Crippen molar-refractivity contribution in [3.05, 3.63) is 36.2 Å². The third-order valence-corrected chi connectivity index (χ3v) is 4.95. The first-order valence-corrected chi connectivity index (χ1v) is 8.46. The fourth-order valence-corrected chi connectivity index (χ4v) is 3.86. The first-order valence-electron chi connectivity index (χ1n) is 8.46. The molecule has 0 saturated heterocycles. The van der Waals surface area contributed by atoms with Crippen LogP contribution in [0, 0.1) is 5.92 Å². The molecule has 0 bridgehead atoms. The van der Waals surface area contributed by atoms with Crippen LogP contribution in [0.25, 0.3) is 10.9 Å². The van der Waals surface area contributed by atoms with Gasteiger partial charge in [-0.15, -0.1) is 0 Å². The third kappa shape index (κ3) is 3.16. The Morgan fingerprint density at radius 1 is 1.54 bits per heavy atom. The fourth-order valence-electron chi connectivity index (χ4n) is 3.86. The Bertz CT molecular complexity index is 780. The topological polar surface area (TPSA) is 67.0 Å². The van der Waals surface area contributed by atoms with Gasteiger partial charge in [-0.25, -0.2) is 4.98 Å². The molecule has 24 heavy (non-hydrogen) atoms. The molecule has 2 aromatic heterocycles. The number of nitrogens with zero attached hydrogens (tertiary/aromatic N) is 1. The molecule has 0 aliphatic heterocycles. The van der Waals surface area contributed by atoms with Gasteiger partial charge in [0.05, 0.1) is 12.6 Å². The minimum atomic E-state index is -0.195. The number of aromatic amines is 1. The zero-order valence-electron chi connectivity index (χ0n) is 14.6. The molecule has 2 heterocycles. The number of ether oxygens (including phenoxy) is 1. The van der Waals surface area contributed by atoms with Gasteiger partial charge in [0.15, 0.2) is 0 Å². The van der Waals surface area contributed by atoms with E-state index in [1.54, 1.807) is 19.4 Å². The molecule has 2 N–H and O–H groups in total. The lowest BCUT2D eigenvalue weighted by Gasteiger charge is -2.41. The van der Waals surface area contributed by atoms with E-state index in [0.717, 1.165) is 36.6 Å². The Morgan fingerprint density at radius 3 is 3.00 bits per heavy atom. The number of fused-ring (bicyclic) bond motifs is 1. The molecule has 1 aliphatic rings. The predicted octanol–water partition coefficient (Wildman–Crippen LogP) is 3.83. The fraction of sp³-hybridized carbons (Fsp3) is 0.474. The molecule has 0 spiro atoms. The van der Waals surface area contributed by atoms with E-state index in [4.69, 9.17) is 4.74 Å². The minimum Gasteiger partial charge on any atom is -0.481 e. The molecule has 0 aromatic carbocycles. The highest BCUT2D eigenvalue weighted by molar-refractivity contribution is 5.98. The SMILES string of the molecule is C=C1CC(C)CC(CC)(NC(=O)c2cc3cnc(OC)cc3[nH]2)C1. The summed E-state index contributed by atoms with van der Waals surface area (Å²) in [7, 11) is 1.58. The molecule has 1 fully saturated rings. The number of hydrogen-bond donors (Lipinski definition) is 2. The number of amides is 1. The zero-order valence-corrected chi connectivity index (χ0v) is 14.6. The van der Waals surface area contributed by atoms with Crippen molar-refractivity contribution in [1.82, 2.24) is 15.3 Å². The highest BCUT2D eigenvalue weighted by Crippen LogP contribution is 2.37. The van der Waals surface area contributed by atoms with Crippen molar-refractivity contribution >= 4 is 16.8 Å². The van der Waals surface area contributed by atoms with Crippen molar-refractivity contribution in [2.24, 2.45) is 5.92 Å². The van der Waals surface area contributed by atoms with Crippen molar-refractivity contribution in [2.45, 2.75) is 45.1 Å². The van der Waals surface area contributed by atoms with Crippen LogP contribution in [-0.4, -0.2) is 28.5 Å². The Morgan fingerprint density at radius 2 is 2.33 bits per heavy atom.